The van der Waals surface area contributed by atoms with Gasteiger partial charge in [0.1, 0.15) is 0 Å². The number of carbonyl (C=O) groups excluding carboxylic acids is 1. The van der Waals surface area contributed by atoms with Gasteiger partial charge in [0.25, 0.3) is 0 Å². The fourth-order valence-electron chi connectivity index (χ4n) is 1.34. The average Bonchev–Trinajstić information content (AvgIpc) is 2.32. The Morgan fingerprint density at radius 3 is 2.59 bits per heavy atom. The number of amides is 1. The summed E-state index contributed by atoms with van der Waals surface area (Å²) < 4.78 is 5.21. The maximum atomic E-state index is 11.5. The van der Waals surface area contributed by atoms with Crippen LogP contribution in [0, 0.1) is 0 Å². The molecule has 0 saturated heterocycles. The van der Waals surface area contributed by atoms with Crippen molar-refractivity contribution in [2.45, 2.75) is 39.5 Å². The quantitative estimate of drug-likeness (QED) is 0.739. The fourth-order valence-corrected chi connectivity index (χ4v) is 1.34. The molecule has 0 unspecified atom stereocenters. The van der Waals surface area contributed by atoms with Crippen LogP contribution in [-0.4, -0.2) is 22.5 Å². The van der Waals surface area contributed by atoms with Crippen LogP contribution in [0.4, 0.5) is 5.95 Å². The van der Waals surface area contributed by atoms with Gasteiger partial charge in [-0.2, -0.15) is 0 Å². The Hall–Kier alpha value is -1.65. The Balaban J connectivity index is 2.37. The minimum Gasteiger partial charge on any atom is -0.491 e. The summed E-state index contributed by atoms with van der Waals surface area (Å²) in [6, 6.07) is 0. The summed E-state index contributed by atoms with van der Waals surface area (Å²) >= 11 is 0. The van der Waals surface area contributed by atoms with Gasteiger partial charge in [-0.3, -0.25) is 10.1 Å². The summed E-state index contributed by atoms with van der Waals surface area (Å²) in [5.41, 5.74) is 0. The molecular weight excluding hydrogens is 218 g/mol. The van der Waals surface area contributed by atoms with E-state index in [1.54, 1.807) is 12.4 Å². The number of anilines is 1. The molecule has 5 nitrogen and oxygen atoms in total. The van der Waals surface area contributed by atoms with E-state index < -0.39 is 0 Å². The molecule has 94 valence electrons. The van der Waals surface area contributed by atoms with Crippen molar-refractivity contribution in [1.82, 2.24) is 9.97 Å². The standard InChI is InChI=1S/C12H19N3O2/c1-3-5-6-7-11(16)15-12-13-8-10(9-14-12)17-4-2/h8-9H,3-7H2,1-2H3,(H,13,14,15,16). The zero-order chi connectivity index (χ0) is 12.5. The first-order chi connectivity index (χ1) is 8.26. The highest BCUT2D eigenvalue weighted by atomic mass is 16.5. The fraction of sp³-hybridized carbons (Fsp3) is 0.583. The van der Waals surface area contributed by atoms with E-state index in [2.05, 4.69) is 22.2 Å². The van der Waals surface area contributed by atoms with Crippen LogP contribution in [0.1, 0.15) is 39.5 Å². The number of hydrogen-bond acceptors (Lipinski definition) is 4. The van der Waals surface area contributed by atoms with Crippen molar-refractivity contribution in [2.75, 3.05) is 11.9 Å². The van der Waals surface area contributed by atoms with Crippen molar-refractivity contribution in [3.05, 3.63) is 12.4 Å². The second-order valence-electron chi connectivity index (χ2n) is 3.68. The normalized spacial score (nSPS) is 10.0. The summed E-state index contributed by atoms with van der Waals surface area (Å²) in [6.07, 6.45) is 6.70. The Labute approximate surface area is 102 Å². The van der Waals surface area contributed by atoms with Crippen molar-refractivity contribution < 1.29 is 9.53 Å². The molecule has 1 heterocycles. The lowest BCUT2D eigenvalue weighted by molar-refractivity contribution is -0.116. The van der Waals surface area contributed by atoms with E-state index in [1.807, 2.05) is 6.92 Å². The summed E-state index contributed by atoms with van der Waals surface area (Å²) in [5.74, 6) is 0.897. The Bertz CT molecular complexity index is 338. The number of nitrogens with one attached hydrogen (secondary N) is 1. The molecule has 5 heteroatoms. The van der Waals surface area contributed by atoms with Crippen molar-refractivity contribution in [1.29, 1.82) is 0 Å². The smallest absolute Gasteiger partial charge is 0.229 e. The first kappa shape index (κ1) is 13.4. The molecule has 0 aliphatic rings. The van der Waals surface area contributed by atoms with Crippen LogP contribution >= 0.6 is 0 Å². The van der Waals surface area contributed by atoms with Gasteiger partial charge in [-0.05, 0) is 13.3 Å². The molecule has 0 saturated carbocycles. The topological polar surface area (TPSA) is 64.1 Å². The molecule has 1 rings (SSSR count). The van der Waals surface area contributed by atoms with Gasteiger partial charge in [0.05, 0.1) is 19.0 Å². The summed E-state index contributed by atoms with van der Waals surface area (Å²) in [5, 5.41) is 2.65. The molecule has 0 spiro atoms. The van der Waals surface area contributed by atoms with Crippen LogP contribution in [0.15, 0.2) is 12.4 Å². The monoisotopic (exact) mass is 237 g/mol. The molecular formula is C12H19N3O2. The minimum absolute atomic E-state index is 0.0393. The van der Waals surface area contributed by atoms with Crippen LogP contribution in [0.3, 0.4) is 0 Å². The highest BCUT2D eigenvalue weighted by Gasteiger charge is 2.04. The average molecular weight is 237 g/mol. The Morgan fingerprint density at radius 1 is 1.29 bits per heavy atom. The third-order valence-electron chi connectivity index (χ3n) is 2.20. The van der Waals surface area contributed by atoms with Crippen molar-refractivity contribution in [2.24, 2.45) is 0 Å². The molecule has 1 aromatic heterocycles. The van der Waals surface area contributed by atoms with E-state index in [1.165, 1.54) is 0 Å². The predicted octanol–water partition coefficient (Wildman–Crippen LogP) is 2.39. The maximum absolute atomic E-state index is 11.5. The lowest BCUT2D eigenvalue weighted by Gasteiger charge is -2.04. The number of ether oxygens (including phenoxy) is 1. The third-order valence-corrected chi connectivity index (χ3v) is 2.20. The van der Waals surface area contributed by atoms with Crippen LogP contribution in [0.5, 0.6) is 5.75 Å². The number of aromatic nitrogens is 2. The Kier molecular flexibility index (Phi) is 5.99. The second-order valence-corrected chi connectivity index (χ2v) is 3.68. The maximum Gasteiger partial charge on any atom is 0.229 e. The molecule has 1 amide bonds. The summed E-state index contributed by atoms with van der Waals surface area (Å²) in [4.78, 5) is 19.5. The van der Waals surface area contributed by atoms with Gasteiger partial charge in [-0.15, -0.1) is 0 Å². The van der Waals surface area contributed by atoms with Crippen molar-refractivity contribution >= 4 is 11.9 Å². The van der Waals surface area contributed by atoms with Gasteiger partial charge in [-0.1, -0.05) is 19.8 Å². The molecule has 0 aromatic carbocycles. The molecule has 0 atom stereocenters. The van der Waals surface area contributed by atoms with Gasteiger partial charge in [0.15, 0.2) is 5.75 Å². The third kappa shape index (κ3) is 5.29. The van der Waals surface area contributed by atoms with E-state index in [9.17, 15) is 4.79 Å². The molecule has 0 fully saturated rings. The largest absolute Gasteiger partial charge is 0.491 e. The lowest BCUT2D eigenvalue weighted by Crippen LogP contribution is -2.13. The second kappa shape index (κ2) is 7.60. The van der Waals surface area contributed by atoms with E-state index in [-0.39, 0.29) is 5.91 Å². The van der Waals surface area contributed by atoms with Crippen LogP contribution in [0.25, 0.3) is 0 Å². The van der Waals surface area contributed by atoms with E-state index >= 15 is 0 Å². The first-order valence-corrected chi connectivity index (χ1v) is 6.01. The number of carbonyl (C=O) groups is 1. The lowest BCUT2D eigenvalue weighted by atomic mass is 10.2. The number of hydrogen-bond donors (Lipinski definition) is 1. The summed E-state index contributed by atoms with van der Waals surface area (Å²) in [6.45, 7) is 4.57. The van der Waals surface area contributed by atoms with Crippen LogP contribution in [-0.2, 0) is 4.79 Å². The first-order valence-electron chi connectivity index (χ1n) is 6.01. The Morgan fingerprint density at radius 2 is 2.00 bits per heavy atom. The van der Waals surface area contributed by atoms with E-state index in [0.29, 0.717) is 24.7 Å². The molecule has 1 aromatic rings. The predicted molar refractivity (Wildman–Crippen MR) is 66.0 cm³/mol. The zero-order valence-electron chi connectivity index (χ0n) is 10.4. The SMILES string of the molecule is CCCCCC(=O)Nc1ncc(OCC)cn1. The highest BCUT2D eigenvalue weighted by molar-refractivity contribution is 5.88. The molecule has 1 N–H and O–H groups in total. The molecule has 0 bridgehead atoms. The minimum atomic E-state index is -0.0393. The molecule has 0 aliphatic carbocycles. The van der Waals surface area contributed by atoms with Gasteiger partial charge in [0, 0.05) is 6.42 Å². The molecule has 0 radical (unpaired) electrons. The van der Waals surface area contributed by atoms with Crippen molar-refractivity contribution in [3.8, 4) is 5.75 Å². The van der Waals surface area contributed by atoms with Gasteiger partial charge < -0.3 is 4.74 Å². The zero-order valence-corrected chi connectivity index (χ0v) is 10.4. The van der Waals surface area contributed by atoms with Crippen molar-refractivity contribution in [3.63, 3.8) is 0 Å². The van der Waals surface area contributed by atoms with Gasteiger partial charge in [0.2, 0.25) is 11.9 Å². The van der Waals surface area contributed by atoms with Crippen LogP contribution in [0.2, 0.25) is 0 Å². The number of unbranched alkanes of at least 4 members (excludes halogenated alkanes) is 2. The number of nitrogens with zero attached hydrogens (tertiary/aromatic N) is 2. The van der Waals surface area contributed by atoms with Crippen LogP contribution < -0.4 is 10.1 Å². The number of rotatable bonds is 7. The summed E-state index contributed by atoms with van der Waals surface area (Å²) in [7, 11) is 0. The van der Waals surface area contributed by atoms with Gasteiger partial charge in [-0.25, -0.2) is 9.97 Å². The molecule has 0 aliphatic heterocycles. The van der Waals surface area contributed by atoms with E-state index in [4.69, 9.17) is 4.74 Å². The highest BCUT2D eigenvalue weighted by Crippen LogP contribution is 2.08. The van der Waals surface area contributed by atoms with Gasteiger partial charge >= 0.3 is 0 Å². The van der Waals surface area contributed by atoms with E-state index in [0.717, 1.165) is 19.3 Å². The molecule has 17 heavy (non-hydrogen) atoms.